The van der Waals surface area contributed by atoms with Crippen LogP contribution in [-0.2, 0) is 9.59 Å². The van der Waals surface area contributed by atoms with Crippen LogP contribution in [0.15, 0.2) is 72.8 Å². The third-order valence-electron chi connectivity index (χ3n) is 5.46. The molecule has 4 rings (SSSR count). The predicted octanol–water partition coefficient (Wildman–Crippen LogP) is 3.83. The Kier molecular flexibility index (Phi) is 5.98. The van der Waals surface area contributed by atoms with Crippen molar-refractivity contribution in [1.29, 1.82) is 0 Å². The zero-order chi connectivity index (χ0) is 22.7. The van der Waals surface area contributed by atoms with E-state index in [0.717, 1.165) is 0 Å². The molecule has 1 fully saturated rings. The zero-order valence-corrected chi connectivity index (χ0v) is 18.1. The number of amides is 2. The maximum atomic E-state index is 13.8. The summed E-state index contributed by atoms with van der Waals surface area (Å²) in [5, 5.41) is 0. The normalized spacial score (nSPS) is 16.2. The van der Waals surface area contributed by atoms with Crippen molar-refractivity contribution in [2.45, 2.75) is 6.04 Å². The van der Waals surface area contributed by atoms with E-state index in [9.17, 15) is 9.59 Å². The fourth-order valence-corrected chi connectivity index (χ4v) is 3.86. The Labute approximate surface area is 186 Å². The van der Waals surface area contributed by atoms with Crippen molar-refractivity contribution in [2.75, 3.05) is 37.7 Å². The molecule has 0 saturated carbocycles. The first-order valence-corrected chi connectivity index (χ1v) is 10.1. The Morgan fingerprint density at radius 3 is 2.06 bits per heavy atom. The molecule has 1 saturated heterocycles. The number of para-hydroxylation sites is 1. The summed E-state index contributed by atoms with van der Waals surface area (Å²) in [4.78, 5) is 30.3. The largest absolute Gasteiger partial charge is 0.497 e. The summed E-state index contributed by atoms with van der Waals surface area (Å²) in [6.07, 6.45) is 0. The van der Waals surface area contributed by atoms with E-state index in [1.165, 1.54) is 12.0 Å². The van der Waals surface area contributed by atoms with Gasteiger partial charge < -0.3 is 14.2 Å². The summed E-state index contributed by atoms with van der Waals surface area (Å²) in [6.45, 7) is -0.108. The number of benzene rings is 3. The van der Waals surface area contributed by atoms with Crippen LogP contribution in [0.25, 0.3) is 0 Å². The van der Waals surface area contributed by atoms with Gasteiger partial charge in [-0.2, -0.15) is 0 Å². The van der Waals surface area contributed by atoms with Gasteiger partial charge in [-0.3, -0.25) is 19.4 Å². The van der Waals surface area contributed by atoms with Crippen molar-refractivity contribution in [3.8, 4) is 17.2 Å². The maximum Gasteiger partial charge on any atom is 0.255 e. The lowest BCUT2D eigenvalue weighted by atomic mass is 9.99. The van der Waals surface area contributed by atoms with Crippen molar-refractivity contribution in [1.82, 2.24) is 0 Å². The molecule has 1 atom stereocenters. The SMILES string of the molecule is COc1ccc([C@@H]2C(=O)N(c3ccc(OC)cc3OC)CC(=O)N2c2ccccc2)cc1. The van der Waals surface area contributed by atoms with Gasteiger partial charge in [0.05, 0.1) is 27.0 Å². The molecule has 2 amide bonds. The molecule has 32 heavy (non-hydrogen) atoms. The number of ether oxygens (including phenoxy) is 3. The molecule has 3 aromatic carbocycles. The highest BCUT2D eigenvalue weighted by molar-refractivity contribution is 6.15. The summed E-state index contributed by atoms with van der Waals surface area (Å²) < 4.78 is 16.0. The number of hydrogen-bond acceptors (Lipinski definition) is 5. The third kappa shape index (κ3) is 3.85. The summed E-state index contributed by atoms with van der Waals surface area (Å²) in [7, 11) is 4.66. The van der Waals surface area contributed by atoms with Crippen LogP contribution in [0.3, 0.4) is 0 Å². The lowest BCUT2D eigenvalue weighted by molar-refractivity contribution is -0.128. The number of carbonyl (C=O) groups is 2. The van der Waals surface area contributed by atoms with Gasteiger partial charge >= 0.3 is 0 Å². The Morgan fingerprint density at radius 1 is 0.781 bits per heavy atom. The highest BCUT2D eigenvalue weighted by Gasteiger charge is 2.42. The van der Waals surface area contributed by atoms with Crippen LogP contribution in [-0.4, -0.2) is 39.7 Å². The van der Waals surface area contributed by atoms with Crippen molar-refractivity contribution in [3.05, 3.63) is 78.4 Å². The lowest BCUT2D eigenvalue weighted by Gasteiger charge is -2.40. The van der Waals surface area contributed by atoms with Gasteiger partial charge in [0.1, 0.15) is 29.8 Å². The second kappa shape index (κ2) is 9.01. The van der Waals surface area contributed by atoms with E-state index in [2.05, 4.69) is 0 Å². The number of piperazine rings is 1. The van der Waals surface area contributed by atoms with Gasteiger partial charge in [-0.05, 0) is 42.0 Å². The molecule has 1 heterocycles. The van der Waals surface area contributed by atoms with E-state index in [-0.39, 0.29) is 18.4 Å². The van der Waals surface area contributed by atoms with E-state index in [1.54, 1.807) is 61.6 Å². The number of hydrogen-bond donors (Lipinski definition) is 0. The Balaban J connectivity index is 1.81. The summed E-state index contributed by atoms with van der Waals surface area (Å²) in [5.74, 6) is 1.28. The van der Waals surface area contributed by atoms with Crippen LogP contribution in [0.5, 0.6) is 17.2 Å². The zero-order valence-electron chi connectivity index (χ0n) is 18.1. The van der Waals surface area contributed by atoms with Gasteiger partial charge in [0.15, 0.2) is 0 Å². The van der Waals surface area contributed by atoms with E-state index in [4.69, 9.17) is 14.2 Å². The summed E-state index contributed by atoms with van der Waals surface area (Å²) >= 11 is 0. The molecule has 3 aromatic rings. The molecule has 1 aliphatic heterocycles. The molecule has 164 valence electrons. The molecule has 0 aliphatic carbocycles. The van der Waals surface area contributed by atoms with E-state index in [0.29, 0.717) is 34.2 Å². The van der Waals surface area contributed by atoms with Gasteiger partial charge in [0, 0.05) is 11.8 Å². The molecular formula is C25H24N2O5. The minimum absolute atomic E-state index is 0.108. The van der Waals surface area contributed by atoms with E-state index in [1.807, 2.05) is 30.3 Å². The van der Waals surface area contributed by atoms with E-state index >= 15 is 0 Å². The molecule has 0 N–H and O–H groups in total. The molecule has 0 spiro atoms. The van der Waals surface area contributed by atoms with Crippen LogP contribution in [0, 0.1) is 0 Å². The lowest BCUT2D eigenvalue weighted by Crippen LogP contribution is -2.56. The van der Waals surface area contributed by atoms with Crippen LogP contribution >= 0.6 is 0 Å². The number of nitrogens with zero attached hydrogens (tertiary/aromatic N) is 2. The second-order valence-electron chi connectivity index (χ2n) is 7.24. The topological polar surface area (TPSA) is 68.3 Å². The summed E-state index contributed by atoms with van der Waals surface area (Å²) in [5.41, 5.74) is 1.86. The van der Waals surface area contributed by atoms with Gasteiger partial charge in [0.2, 0.25) is 5.91 Å². The predicted molar refractivity (Wildman–Crippen MR) is 122 cm³/mol. The van der Waals surface area contributed by atoms with Crippen LogP contribution in [0.1, 0.15) is 11.6 Å². The molecule has 7 heteroatoms. The van der Waals surface area contributed by atoms with Crippen LogP contribution in [0.2, 0.25) is 0 Å². The molecule has 7 nitrogen and oxygen atoms in total. The van der Waals surface area contributed by atoms with Crippen LogP contribution in [0.4, 0.5) is 11.4 Å². The minimum atomic E-state index is -0.837. The average molecular weight is 432 g/mol. The van der Waals surface area contributed by atoms with Gasteiger partial charge in [-0.15, -0.1) is 0 Å². The molecule has 0 unspecified atom stereocenters. The Hall–Kier alpha value is -4.00. The fraction of sp³-hybridized carbons (Fsp3) is 0.200. The van der Waals surface area contributed by atoms with Crippen molar-refractivity contribution in [2.24, 2.45) is 0 Å². The highest BCUT2D eigenvalue weighted by Crippen LogP contribution is 2.39. The van der Waals surface area contributed by atoms with Crippen LogP contribution < -0.4 is 24.0 Å². The quantitative estimate of drug-likeness (QED) is 0.592. The molecule has 0 aromatic heterocycles. The first kappa shape index (κ1) is 21.2. The second-order valence-corrected chi connectivity index (χ2v) is 7.24. The Bertz CT molecular complexity index is 1110. The van der Waals surface area contributed by atoms with Gasteiger partial charge in [-0.25, -0.2) is 0 Å². The monoisotopic (exact) mass is 432 g/mol. The number of carbonyl (C=O) groups excluding carboxylic acids is 2. The van der Waals surface area contributed by atoms with E-state index < -0.39 is 6.04 Å². The smallest absolute Gasteiger partial charge is 0.255 e. The average Bonchev–Trinajstić information content (AvgIpc) is 2.85. The molecule has 0 bridgehead atoms. The first-order valence-electron chi connectivity index (χ1n) is 10.1. The number of anilines is 2. The first-order chi connectivity index (χ1) is 15.6. The molecule has 1 aliphatic rings. The maximum absolute atomic E-state index is 13.8. The van der Waals surface area contributed by atoms with Gasteiger partial charge in [0.25, 0.3) is 5.91 Å². The van der Waals surface area contributed by atoms with Crippen molar-refractivity contribution in [3.63, 3.8) is 0 Å². The molecular weight excluding hydrogens is 408 g/mol. The minimum Gasteiger partial charge on any atom is -0.497 e. The fourth-order valence-electron chi connectivity index (χ4n) is 3.86. The van der Waals surface area contributed by atoms with Gasteiger partial charge in [-0.1, -0.05) is 30.3 Å². The molecule has 0 radical (unpaired) electrons. The summed E-state index contributed by atoms with van der Waals surface area (Å²) in [6, 6.07) is 20.7. The number of rotatable bonds is 6. The third-order valence-corrected chi connectivity index (χ3v) is 5.46. The van der Waals surface area contributed by atoms with Crippen molar-refractivity contribution < 1.29 is 23.8 Å². The number of methoxy groups -OCH3 is 3. The Morgan fingerprint density at radius 2 is 1.44 bits per heavy atom. The standard InChI is InChI=1S/C25H24N2O5/c1-30-19-11-9-17(10-12-19)24-25(29)26(21-14-13-20(31-2)15-22(21)32-3)16-23(28)27(24)18-7-5-4-6-8-18/h4-15,24H,16H2,1-3H3/t24-/m1/s1. The highest BCUT2D eigenvalue weighted by atomic mass is 16.5. The van der Waals surface area contributed by atoms with Crippen molar-refractivity contribution >= 4 is 23.2 Å².